The first kappa shape index (κ1) is 11.3. The molecule has 1 rings (SSSR count). The van der Waals surface area contributed by atoms with E-state index in [1.165, 1.54) is 5.56 Å². The number of aryl methyl sites for hydroxylation is 1. The van der Waals surface area contributed by atoms with Crippen molar-refractivity contribution >= 4 is 0 Å². The molecule has 0 atom stereocenters. The van der Waals surface area contributed by atoms with Crippen LogP contribution in [0.25, 0.3) is 0 Å². The van der Waals surface area contributed by atoms with Crippen molar-refractivity contribution in [3.63, 3.8) is 0 Å². The fourth-order valence-electron chi connectivity index (χ4n) is 1.26. The van der Waals surface area contributed by atoms with Crippen LogP contribution in [0.1, 0.15) is 11.1 Å². The van der Waals surface area contributed by atoms with E-state index in [-0.39, 0.29) is 0 Å². The highest BCUT2D eigenvalue weighted by Gasteiger charge is 1.95. The Kier molecular flexibility index (Phi) is 4.42. The van der Waals surface area contributed by atoms with Gasteiger partial charge in [0.1, 0.15) is 12.4 Å². The predicted molar refractivity (Wildman–Crippen MR) is 64.4 cm³/mol. The Morgan fingerprint density at radius 1 is 1.40 bits per heavy atom. The standard InChI is InChI=1S/C14H16O/c1-4-7-14(5-2)15-11-13-9-6-8-12(3)10-13/h4-10H,1-2,11H2,3H3/b14-7+. The molecule has 1 aromatic carbocycles. The summed E-state index contributed by atoms with van der Waals surface area (Å²) in [4.78, 5) is 0. The molecule has 78 valence electrons. The van der Waals surface area contributed by atoms with Gasteiger partial charge < -0.3 is 4.74 Å². The fraction of sp³-hybridized carbons (Fsp3) is 0.143. The summed E-state index contributed by atoms with van der Waals surface area (Å²) in [6.07, 6.45) is 5.16. The van der Waals surface area contributed by atoms with Gasteiger partial charge in [-0.1, -0.05) is 49.1 Å². The second-order valence-electron chi connectivity index (χ2n) is 3.29. The quantitative estimate of drug-likeness (QED) is 0.519. The van der Waals surface area contributed by atoms with Crippen molar-refractivity contribution in [1.82, 2.24) is 0 Å². The molecule has 0 amide bonds. The zero-order valence-electron chi connectivity index (χ0n) is 9.07. The zero-order chi connectivity index (χ0) is 11.1. The predicted octanol–water partition coefficient (Wildman–Crippen LogP) is 3.77. The van der Waals surface area contributed by atoms with Gasteiger partial charge in [-0.15, -0.1) is 0 Å². The van der Waals surface area contributed by atoms with Gasteiger partial charge in [-0.2, -0.15) is 0 Å². The number of rotatable bonds is 5. The van der Waals surface area contributed by atoms with Gasteiger partial charge in [0.25, 0.3) is 0 Å². The Balaban J connectivity index is 2.60. The number of hydrogen-bond acceptors (Lipinski definition) is 1. The zero-order valence-corrected chi connectivity index (χ0v) is 9.07. The smallest absolute Gasteiger partial charge is 0.119 e. The molecule has 0 N–H and O–H groups in total. The van der Waals surface area contributed by atoms with E-state index in [1.807, 2.05) is 12.1 Å². The van der Waals surface area contributed by atoms with Crippen LogP contribution in [0.2, 0.25) is 0 Å². The van der Waals surface area contributed by atoms with Crippen LogP contribution in [0.4, 0.5) is 0 Å². The molecule has 0 radical (unpaired) electrons. The lowest BCUT2D eigenvalue weighted by Crippen LogP contribution is -1.91. The minimum Gasteiger partial charge on any atom is -0.489 e. The maximum absolute atomic E-state index is 5.54. The summed E-state index contributed by atoms with van der Waals surface area (Å²) >= 11 is 0. The highest BCUT2D eigenvalue weighted by Crippen LogP contribution is 2.08. The van der Waals surface area contributed by atoms with E-state index in [2.05, 4.69) is 32.2 Å². The van der Waals surface area contributed by atoms with Crippen LogP contribution >= 0.6 is 0 Å². The first-order valence-electron chi connectivity index (χ1n) is 4.89. The van der Waals surface area contributed by atoms with Crippen molar-refractivity contribution in [2.75, 3.05) is 0 Å². The van der Waals surface area contributed by atoms with Gasteiger partial charge in [-0.3, -0.25) is 0 Å². The molecular weight excluding hydrogens is 184 g/mol. The molecule has 0 aromatic heterocycles. The maximum atomic E-state index is 5.54. The fourth-order valence-corrected chi connectivity index (χ4v) is 1.26. The summed E-state index contributed by atoms with van der Waals surface area (Å²) in [6.45, 7) is 9.91. The lowest BCUT2D eigenvalue weighted by molar-refractivity contribution is 0.211. The third kappa shape index (κ3) is 3.86. The monoisotopic (exact) mass is 200 g/mol. The molecule has 0 fully saturated rings. The minimum absolute atomic E-state index is 0.563. The highest BCUT2D eigenvalue weighted by molar-refractivity contribution is 5.22. The van der Waals surface area contributed by atoms with Gasteiger partial charge in [-0.25, -0.2) is 0 Å². The second-order valence-corrected chi connectivity index (χ2v) is 3.29. The van der Waals surface area contributed by atoms with Crippen LogP contribution in [-0.4, -0.2) is 0 Å². The van der Waals surface area contributed by atoms with Gasteiger partial charge in [0.15, 0.2) is 0 Å². The Morgan fingerprint density at radius 2 is 2.20 bits per heavy atom. The molecule has 15 heavy (non-hydrogen) atoms. The SMILES string of the molecule is C=C/C=C(\C=C)OCc1cccc(C)c1. The third-order valence-corrected chi connectivity index (χ3v) is 1.97. The summed E-state index contributed by atoms with van der Waals surface area (Å²) in [7, 11) is 0. The molecule has 1 aromatic rings. The summed E-state index contributed by atoms with van der Waals surface area (Å²) in [6, 6.07) is 8.24. The third-order valence-electron chi connectivity index (χ3n) is 1.97. The molecule has 0 spiro atoms. The molecule has 0 saturated carbocycles. The van der Waals surface area contributed by atoms with Gasteiger partial charge in [0, 0.05) is 0 Å². The number of benzene rings is 1. The van der Waals surface area contributed by atoms with Crippen LogP contribution in [0.15, 0.2) is 61.4 Å². The van der Waals surface area contributed by atoms with E-state index in [0.717, 1.165) is 11.3 Å². The van der Waals surface area contributed by atoms with E-state index in [4.69, 9.17) is 4.74 Å². The van der Waals surface area contributed by atoms with Gasteiger partial charge in [0.2, 0.25) is 0 Å². The Labute approximate surface area is 91.4 Å². The molecule has 0 bridgehead atoms. The maximum Gasteiger partial charge on any atom is 0.119 e. The molecule has 0 unspecified atom stereocenters. The molecule has 0 aliphatic rings. The lowest BCUT2D eigenvalue weighted by Gasteiger charge is -2.06. The Bertz CT molecular complexity index is 375. The molecule has 1 nitrogen and oxygen atoms in total. The Hall–Kier alpha value is -1.76. The molecule has 0 heterocycles. The molecular formula is C14H16O. The Morgan fingerprint density at radius 3 is 2.80 bits per heavy atom. The average Bonchev–Trinajstić information content (AvgIpc) is 2.24. The van der Waals surface area contributed by atoms with Crippen molar-refractivity contribution in [2.24, 2.45) is 0 Å². The minimum atomic E-state index is 0.563. The van der Waals surface area contributed by atoms with Crippen molar-refractivity contribution in [3.05, 3.63) is 72.5 Å². The largest absolute Gasteiger partial charge is 0.489 e. The van der Waals surface area contributed by atoms with E-state index >= 15 is 0 Å². The number of hydrogen-bond donors (Lipinski definition) is 0. The average molecular weight is 200 g/mol. The molecule has 1 heteroatoms. The number of ether oxygens (including phenoxy) is 1. The summed E-state index contributed by atoms with van der Waals surface area (Å²) in [5.74, 6) is 0.742. The van der Waals surface area contributed by atoms with E-state index in [0.29, 0.717) is 6.61 Å². The first-order valence-corrected chi connectivity index (χ1v) is 4.89. The van der Waals surface area contributed by atoms with E-state index < -0.39 is 0 Å². The van der Waals surface area contributed by atoms with E-state index in [1.54, 1.807) is 18.2 Å². The van der Waals surface area contributed by atoms with Crippen molar-refractivity contribution in [2.45, 2.75) is 13.5 Å². The topological polar surface area (TPSA) is 9.23 Å². The van der Waals surface area contributed by atoms with Crippen molar-refractivity contribution in [3.8, 4) is 0 Å². The van der Waals surface area contributed by atoms with E-state index in [9.17, 15) is 0 Å². The van der Waals surface area contributed by atoms with Gasteiger partial charge >= 0.3 is 0 Å². The van der Waals surface area contributed by atoms with Crippen LogP contribution in [0, 0.1) is 6.92 Å². The highest BCUT2D eigenvalue weighted by atomic mass is 16.5. The summed E-state index contributed by atoms with van der Waals surface area (Å²) in [5, 5.41) is 0. The van der Waals surface area contributed by atoms with Gasteiger partial charge in [0.05, 0.1) is 0 Å². The summed E-state index contributed by atoms with van der Waals surface area (Å²) < 4.78 is 5.54. The molecule has 0 saturated heterocycles. The second kappa shape index (κ2) is 5.86. The van der Waals surface area contributed by atoms with Gasteiger partial charge in [-0.05, 0) is 24.6 Å². The van der Waals surface area contributed by atoms with Crippen LogP contribution in [0.3, 0.4) is 0 Å². The van der Waals surface area contributed by atoms with Crippen molar-refractivity contribution < 1.29 is 4.74 Å². The summed E-state index contributed by atoms with van der Waals surface area (Å²) in [5.41, 5.74) is 2.40. The van der Waals surface area contributed by atoms with Crippen LogP contribution in [0.5, 0.6) is 0 Å². The van der Waals surface area contributed by atoms with Crippen LogP contribution < -0.4 is 0 Å². The number of allylic oxidation sites excluding steroid dienone is 3. The molecule has 0 aliphatic carbocycles. The van der Waals surface area contributed by atoms with Crippen molar-refractivity contribution in [1.29, 1.82) is 0 Å². The lowest BCUT2D eigenvalue weighted by atomic mass is 10.1. The normalized spacial score (nSPS) is 10.9. The molecule has 0 aliphatic heterocycles. The van der Waals surface area contributed by atoms with Crippen LogP contribution in [-0.2, 0) is 11.3 Å². The first-order chi connectivity index (χ1) is 7.26.